The maximum absolute atomic E-state index is 12.7. The van der Waals surface area contributed by atoms with Crippen molar-refractivity contribution >= 4 is 28.2 Å². The van der Waals surface area contributed by atoms with Crippen molar-refractivity contribution in [1.82, 2.24) is 9.78 Å². The van der Waals surface area contributed by atoms with Crippen LogP contribution in [0.4, 0.5) is 5.82 Å². The average Bonchev–Trinajstić information content (AvgIpc) is 3.26. The molecule has 1 aromatic carbocycles. The predicted octanol–water partition coefficient (Wildman–Crippen LogP) is 3.75. The van der Waals surface area contributed by atoms with Crippen LogP contribution in [0.5, 0.6) is 0 Å². The number of aromatic nitrogens is 2. The fourth-order valence-electron chi connectivity index (χ4n) is 5.12. The molecule has 5 rings (SSSR count). The van der Waals surface area contributed by atoms with Gasteiger partial charge in [0.05, 0.1) is 24.0 Å². The number of nitrogens with zero attached hydrogens (tertiary/aromatic N) is 3. The normalized spacial score (nSPS) is 23.8. The van der Waals surface area contributed by atoms with E-state index in [4.69, 9.17) is 16.7 Å². The Hall–Kier alpha value is -1.37. The van der Waals surface area contributed by atoms with Gasteiger partial charge < -0.3 is 10.0 Å². The third kappa shape index (κ3) is 3.53. The third-order valence-electron chi connectivity index (χ3n) is 7.10. The predicted molar refractivity (Wildman–Crippen MR) is 116 cm³/mol. The summed E-state index contributed by atoms with van der Waals surface area (Å²) in [5.74, 6) is 2.29. The Morgan fingerprint density at radius 2 is 1.93 bits per heavy atom. The van der Waals surface area contributed by atoms with Crippen molar-refractivity contribution in [3.05, 3.63) is 40.4 Å². The van der Waals surface area contributed by atoms with Gasteiger partial charge in [-0.2, -0.15) is 5.10 Å². The maximum Gasteiger partial charge on any atom is 0.155 e. The van der Waals surface area contributed by atoms with Crippen LogP contribution in [-0.2, 0) is 23.8 Å². The van der Waals surface area contributed by atoms with Crippen molar-refractivity contribution in [2.24, 2.45) is 5.41 Å². The fourth-order valence-corrected chi connectivity index (χ4v) is 6.64. The number of hydrogen-bond acceptors (Lipinski definition) is 4. The lowest BCUT2D eigenvalue weighted by Gasteiger charge is -2.40. The van der Waals surface area contributed by atoms with Crippen LogP contribution in [0.3, 0.4) is 0 Å². The van der Waals surface area contributed by atoms with Crippen molar-refractivity contribution in [3.63, 3.8) is 0 Å². The number of benzene rings is 1. The number of fused-ring (bicyclic) bond motifs is 1. The van der Waals surface area contributed by atoms with Gasteiger partial charge in [0.1, 0.15) is 5.03 Å². The monoisotopic (exact) mass is 433 g/mol. The van der Waals surface area contributed by atoms with Gasteiger partial charge in [-0.25, -0.2) is 0 Å². The number of aliphatic hydroxyl groups is 1. The maximum atomic E-state index is 12.7. The molecular weight excluding hydrogens is 406 g/mol. The quantitative estimate of drug-likeness (QED) is 0.780. The molecule has 1 saturated carbocycles. The number of anilines is 1. The van der Waals surface area contributed by atoms with Crippen LogP contribution in [-0.4, -0.2) is 44.5 Å². The SMILES string of the molecule is O=[S@]1CCc2c(N3CCC(c4ccc(Cl)cc4)CC3)nn(CC3(CO)CCC3)c21. The summed E-state index contributed by atoms with van der Waals surface area (Å²) in [6.07, 6.45) is 6.26. The minimum atomic E-state index is -0.967. The van der Waals surface area contributed by atoms with Crippen LogP contribution in [0.25, 0.3) is 0 Å². The number of piperidine rings is 1. The molecule has 3 heterocycles. The van der Waals surface area contributed by atoms with Gasteiger partial charge in [0, 0.05) is 34.8 Å². The summed E-state index contributed by atoms with van der Waals surface area (Å²) in [4.78, 5) is 2.39. The summed E-state index contributed by atoms with van der Waals surface area (Å²) in [6.45, 7) is 2.82. The van der Waals surface area contributed by atoms with E-state index in [0.717, 1.165) is 67.5 Å². The highest BCUT2D eigenvalue weighted by atomic mass is 35.5. The summed E-state index contributed by atoms with van der Waals surface area (Å²) in [6, 6.07) is 8.24. The van der Waals surface area contributed by atoms with Crippen LogP contribution in [0, 0.1) is 5.41 Å². The lowest BCUT2D eigenvalue weighted by Crippen LogP contribution is -2.38. The molecule has 156 valence electrons. The van der Waals surface area contributed by atoms with Gasteiger partial charge in [0.2, 0.25) is 0 Å². The van der Waals surface area contributed by atoms with E-state index in [-0.39, 0.29) is 12.0 Å². The second-order valence-electron chi connectivity index (χ2n) is 8.89. The summed E-state index contributed by atoms with van der Waals surface area (Å²) >= 11 is 6.03. The minimum Gasteiger partial charge on any atom is -0.396 e. The molecule has 29 heavy (non-hydrogen) atoms. The molecule has 2 fully saturated rings. The highest BCUT2D eigenvalue weighted by Crippen LogP contribution is 2.44. The first-order valence-electron chi connectivity index (χ1n) is 10.7. The van der Waals surface area contributed by atoms with Gasteiger partial charge in [0.15, 0.2) is 5.82 Å². The molecule has 2 aromatic rings. The largest absolute Gasteiger partial charge is 0.396 e. The van der Waals surface area contributed by atoms with Gasteiger partial charge in [-0.3, -0.25) is 8.89 Å². The van der Waals surface area contributed by atoms with Crippen molar-refractivity contribution < 1.29 is 9.32 Å². The topological polar surface area (TPSA) is 58.4 Å². The van der Waals surface area contributed by atoms with E-state index in [0.29, 0.717) is 18.2 Å². The van der Waals surface area contributed by atoms with Crippen molar-refractivity contribution in [3.8, 4) is 0 Å². The van der Waals surface area contributed by atoms with Gasteiger partial charge in [-0.05, 0) is 55.7 Å². The molecule has 2 aliphatic heterocycles. The van der Waals surface area contributed by atoms with Crippen LogP contribution in [0.15, 0.2) is 29.3 Å². The highest BCUT2D eigenvalue weighted by Gasteiger charge is 2.40. The molecule has 0 unspecified atom stereocenters. The van der Waals surface area contributed by atoms with Gasteiger partial charge in [-0.15, -0.1) is 0 Å². The molecule has 0 spiro atoms. The van der Waals surface area contributed by atoms with E-state index in [1.54, 1.807) is 0 Å². The molecule has 0 radical (unpaired) electrons. The Morgan fingerprint density at radius 1 is 1.21 bits per heavy atom. The average molecular weight is 434 g/mol. The zero-order valence-corrected chi connectivity index (χ0v) is 18.2. The third-order valence-corrected chi connectivity index (χ3v) is 8.82. The minimum absolute atomic E-state index is 0.0641. The van der Waals surface area contributed by atoms with Gasteiger partial charge in [-0.1, -0.05) is 30.2 Å². The first-order chi connectivity index (χ1) is 14.1. The van der Waals surface area contributed by atoms with E-state index in [1.807, 2.05) is 16.8 Å². The summed E-state index contributed by atoms with van der Waals surface area (Å²) in [5.41, 5.74) is 2.48. The van der Waals surface area contributed by atoms with Crippen molar-refractivity contribution in [1.29, 1.82) is 0 Å². The van der Waals surface area contributed by atoms with E-state index < -0.39 is 10.8 Å². The van der Waals surface area contributed by atoms with E-state index in [2.05, 4.69) is 17.0 Å². The van der Waals surface area contributed by atoms with Crippen molar-refractivity contribution in [2.45, 2.75) is 56.0 Å². The fraction of sp³-hybridized carbons (Fsp3) is 0.591. The van der Waals surface area contributed by atoms with Gasteiger partial charge in [0.25, 0.3) is 0 Å². The lowest BCUT2D eigenvalue weighted by molar-refractivity contribution is 0.0219. The van der Waals surface area contributed by atoms with E-state index >= 15 is 0 Å². The first kappa shape index (κ1) is 19.6. The number of halogens is 1. The first-order valence-corrected chi connectivity index (χ1v) is 12.4. The molecule has 5 nitrogen and oxygen atoms in total. The Bertz CT molecular complexity index is 909. The van der Waals surface area contributed by atoms with Crippen molar-refractivity contribution in [2.75, 3.05) is 30.3 Å². The number of aliphatic hydroxyl groups excluding tert-OH is 1. The zero-order chi connectivity index (χ0) is 20.0. The molecule has 1 aromatic heterocycles. The molecule has 0 amide bonds. The standard InChI is InChI=1S/C22H28ClN3O2S/c23-18-4-2-16(3-5-18)17-6-11-25(12-7-17)20-19-8-13-29(28)21(19)26(24-20)14-22(15-27)9-1-10-22/h2-5,17,27H,1,6-15H2/t29-/m0/s1. The highest BCUT2D eigenvalue weighted by molar-refractivity contribution is 7.85. The summed E-state index contributed by atoms with van der Waals surface area (Å²) in [5, 5.41) is 16.5. The molecule has 0 bridgehead atoms. The molecule has 1 N–H and O–H groups in total. The molecule has 1 saturated heterocycles. The Balaban J connectivity index is 1.35. The zero-order valence-electron chi connectivity index (χ0n) is 16.6. The molecule has 1 atom stereocenters. The van der Waals surface area contributed by atoms with E-state index in [9.17, 15) is 9.32 Å². The number of rotatable bonds is 5. The van der Waals surface area contributed by atoms with Crippen LogP contribution in [0.1, 0.15) is 49.1 Å². The lowest BCUT2D eigenvalue weighted by atomic mass is 9.69. The molecular formula is C22H28ClN3O2S. The van der Waals surface area contributed by atoms with E-state index in [1.165, 1.54) is 11.1 Å². The Kier molecular flexibility index (Phi) is 5.21. The second-order valence-corrected chi connectivity index (χ2v) is 10.8. The summed E-state index contributed by atoms with van der Waals surface area (Å²) < 4.78 is 14.7. The van der Waals surface area contributed by atoms with Crippen LogP contribution >= 0.6 is 11.6 Å². The Morgan fingerprint density at radius 3 is 2.55 bits per heavy atom. The van der Waals surface area contributed by atoms with Crippen LogP contribution < -0.4 is 4.90 Å². The van der Waals surface area contributed by atoms with Gasteiger partial charge >= 0.3 is 0 Å². The molecule has 3 aliphatic rings. The molecule has 1 aliphatic carbocycles. The summed E-state index contributed by atoms with van der Waals surface area (Å²) in [7, 11) is -0.967. The smallest absolute Gasteiger partial charge is 0.155 e. The number of hydrogen-bond donors (Lipinski definition) is 1. The second kappa shape index (κ2) is 7.71. The Labute approximate surface area is 179 Å². The van der Waals surface area contributed by atoms with Crippen LogP contribution in [0.2, 0.25) is 5.02 Å². The molecule has 7 heteroatoms.